The van der Waals surface area contributed by atoms with Gasteiger partial charge in [0.15, 0.2) is 0 Å². The zero-order valence-corrected chi connectivity index (χ0v) is 23.9. The number of rotatable bonds is 6. The lowest BCUT2D eigenvalue weighted by Gasteiger charge is -2.38. The second-order valence-corrected chi connectivity index (χ2v) is 10.6. The lowest BCUT2D eigenvalue weighted by Crippen LogP contribution is -2.49. The predicted molar refractivity (Wildman–Crippen MR) is 160 cm³/mol. The van der Waals surface area contributed by atoms with Crippen molar-refractivity contribution in [1.29, 1.82) is 0 Å². The summed E-state index contributed by atoms with van der Waals surface area (Å²) in [5.74, 6) is 1.87. The molecule has 43 heavy (non-hydrogen) atoms. The number of methoxy groups -OCH3 is 1. The average molecular weight is 585 g/mol. The molecule has 1 fully saturated rings. The summed E-state index contributed by atoms with van der Waals surface area (Å²) in [5.41, 5.74) is 2.16. The van der Waals surface area contributed by atoms with Gasteiger partial charge in [0, 0.05) is 44.5 Å². The number of H-pyrrole nitrogens is 1. The molecule has 222 valence electrons. The molecule has 2 aliphatic rings. The molecular formula is C30H32N8O5. The summed E-state index contributed by atoms with van der Waals surface area (Å²) in [5, 5.41) is 3.53. The van der Waals surface area contributed by atoms with E-state index in [1.54, 1.807) is 44.5 Å². The molecule has 0 saturated carbocycles. The number of anilines is 2. The summed E-state index contributed by atoms with van der Waals surface area (Å²) in [6.07, 6.45) is 3.00. The average Bonchev–Trinajstić information content (AvgIpc) is 3.18. The van der Waals surface area contributed by atoms with Gasteiger partial charge in [0.2, 0.25) is 5.88 Å². The van der Waals surface area contributed by atoms with Crippen LogP contribution in [-0.2, 0) is 13.0 Å². The number of carbonyl (C=O) groups excluding carboxylic acids is 2. The summed E-state index contributed by atoms with van der Waals surface area (Å²) in [7, 11) is 3.19. The number of aromatic amines is 1. The maximum absolute atomic E-state index is 13.0. The van der Waals surface area contributed by atoms with Crippen LogP contribution in [0, 0.1) is 0 Å². The number of para-hydroxylation sites is 1. The van der Waals surface area contributed by atoms with Crippen LogP contribution in [0.15, 0.2) is 59.7 Å². The highest BCUT2D eigenvalue weighted by atomic mass is 16.6. The Morgan fingerprint density at radius 1 is 1.07 bits per heavy atom. The fraction of sp³-hybridized carbons (Fsp3) is 0.333. The molecule has 13 heteroatoms. The van der Waals surface area contributed by atoms with E-state index in [4.69, 9.17) is 9.47 Å². The third-order valence-corrected chi connectivity index (χ3v) is 7.85. The van der Waals surface area contributed by atoms with Gasteiger partial charge in [0.05, 0.1) is 24.6 Å². The van der Waals surface area contributed by atoms with Crippen LogP contribution in [0.3, 0.4) is 0 Å². The first-order chi connectivity index (χ1) is 20.9. The van der Waals surface area contributed by atoms with Crippen LogP contribution in [-0.4, -0.2) is 81.7 Å². The minimum Gasteiger partial charge on any atom is -0.497 e. The lowest BCUT2D eigenvalue weighted by molar-refractivity contribution is 0.158. The summed E-state index contributed by atoms with van der Waals surface area (Å²) in [4.78, 5) is 59.2. The molecular weight excluding hydrogens is 552 g/mol. The van der Waals surface area contributed by atoms with Crippen LogP contribution in [0.5, 0.6) is 11.6 Å². The number of urea groups is 1. The van der Waals surface area contributed by atoms with Gasteiger partial charge in [0.1, 0.15) is 23.7 Å². The highest BCUT2D eigenvalue weighted by Crippen LogP contribution is 2.29. The molecule has 0 aliphatic carbocycles. The van der Waals surface area contributed by atoms with E-state index in [2.05, 4.69) is 30.2 Å². The highest BCUT2D eigenvalue weighted by Gasteiger charge is 2.31. The van der Waals surface area contributed by atoms with E-state index in [0.29, 0.717) is 42.2 Å². The van der Waals surface area contributed by atoms with Crippen molar-refractivity contribution in [1.82, 2.24) is 29.7 Å². The molecule has 3 amide bonds. The zero-order chi connectivity index (χ0) is 29.9. The first kappa shape index (κ1) is 27.9. The molecule has 2 aliphatic heterocycles. The first-order valence-corrected chi connectivity index (χ1v) is 14.1. The maximum atomic E-state index is 13.0. The number of ether oxygens (including phenoxy) is 2. The molecule has 0 bridgehead atoms. The molecule has 1 saturated heterocycles. The van der Waals surface area contributed by atoms with Crippen LogP contribution < -0.4 is 25.2 Å². The quantitative estimate of drug-likeness (QED) is 0.348. The third kappa shape index (κ3) is 6.05. The van der Waals surface area contributed by atoms with Crippen LogP contribution >= 0.6 is 0 Å². The molecule has 4 aromatic rings. The van der Waals surface area contributed by atoms with E-state index in [1.807, 2.05) is 23.1 Å². The zero-order valence-electron chi connectivity index (χ0n) is 23.9. The number of fused-ring (bicyclic) bond motifs is 2. The fourth-order valence-electron chi connectivity index (χ4n) is 5.54. The SMILES string of the molecule is COc1ccc2c(c1)CCN(C1CCN(c3cc(OC(=O)N(C)Cc4nc5ccccc5c(=O)[nH]4)ncn3)CC1)C(=O)N2. The lowest BCUT2D eigenvalue weighted by atomic mass is 10.0. The summed E-state index contributed by atoms with van der Waals surface area (Å²) in [6, 6.07) is 14.4. The molecule has 4 heterocycles. The number of nitrogens with zero attached hydrogens (tertiary/aromatic N) is 6. The van der Waals surface area contributed by atoms with Crippen molar-refractivity contribution in [3.63, 3.8) is 0 Å². The van der Waals surface area contributed by atoms with Crippen molar-refractivity contribution >= 4 is 34.5 Å². The smallest absolute Gasteiger partial charge is 0.416 e. The van der Waals surface area contributed by atoms with E-state index in [-0.39, 0.29) is 30.1 Å². The predicted octanol–water partition coefficient (Wildman–Crippen LogP) is 3.41. The Morgan fingerprint density at radius 3 is 2.70 bits per heavy atom. The second-order valence-electron chi connectivity index (χ2n) is 10.6. The number of aromatic nitrogens is 4. The van der Waals surface area contributed by atoms with Crippen LogP contribution in [0.1, 0.15) is 24.2 Å². The molecule has 2 N–H and O–H groups in total. The third-order valence-electron chi connectivity index (χ3n) is 7.85. The largest absolute Gasteiger partial charge is 0.497 e. The molecule has 0 unspecified atom stereocenters. The van der Waals surface area contributed by atoms with E-state index in [9.17, 15) is 14.4 Å². The fourth-order valence-corrected chi connectivity index (χ4v) is 5.54. The molecule has 0 atom stereocenters. The molecule has 13 nitrogen and oxygen atoms in total. The van der Waals surface area contributed by atoms with Gasteiger partial charge < -0.3 is 34.5 Å². The van der Waals surface area contributed by atoms with Gasteiger partial charge >= 0.3 is 12.1 Å². The number of hydrogen-bond acceptors (Lipinski definition) is 9. The Bertz CT molecular complexity index is 1720. The monoisotopic (exact) mass is 584 g/mol. The Labute approximate surface area is 247 Å². The van der Waals surface area contributed by atoms with E-state index < -0.39 is 6.09 Å². The highest BCUT2D eigenvalue weighted by molar-refractivity contribution is 5.91. The molecule has 0 spiro atoms. The summed E-state index contributed by atoms with van der Waals surface area (Å²) < 4.78 is 10.8. The van der Waals surface area contributed by atoms with Crippen molar-refractivity contribution in [3.8, 4) is 11.6 Å². The van der Waals surface area contributed by atoms with E-state index >= 15 is 0 Å². The van der Waals surface area contributed by atoms with Gasteiger partial charge in [0.25, 0.3) is 5.56 Å². The number of piperidine rings is 1. The van der Waals surface area contributed by atoms with Gasteiger partial charge in [-0.15, -0.1) is 0 Å². The van der Waals surface area contributed by atoms with Crippen molar-refractivity contribution in [2.45, 2.75) is 31.8 Å². The number of benzene rings is 2. The van der Waals surface area contributed by atoms with Crippen molar-refractivity contribution < 1.29 is 19.1 Å². The Morgan fingerprint density at radius 2 is 1.88 bits per heavy atom. The first-order valence-electron chi connectivity index (χ1n) is 14.1. The van der Waals surface area contributed by atoms with Gasteiger partial charge in [-0.1, -0.05) is 12.1 Å². The summed E-state index contributed by atoms with van der Waals surface area (Å²) >= 11 is 0. The molecule has 0 radical (unpaired) electrons. The number of hydrogen-bond donors (Lipinski definition) is 2. The van der Waals surface area contributed by atoms with Gasteiger partial charge in [-0.2, -0.15) is 0 Å². The molecule has 6 rings (SSSR count). The number of nitrogens with one attached hydrogen (secondary N) is 2. The van der Waals surface area contributed by atoms with Crippen LogP contribution in [0.25, 0.3) is 10.9 Å². The van der Waals surface area contributed by atoms with E-state index in [0.717, 1.165) is 36.3 Å². The minimum atomic E-state index is -0.648. The molecule has 2 aromatic heterocycles. The Balaban J connectivity index is 1.05. The van der Waals surface area contributed by atoms with Gasteiger partial charge in [-0.05, 0) is 55.2 Å². The minimum absolute atomic E-state index is 0.0487. The van der Waals surface area contributed by atoms with Crippen LogP contribution in [0.4, 0.5) is 21.1 Å². The second kappa shape index (κ2) is 12.0. The topological polar surface area (TPSA) is 146 Å². The maximum Gasteiger partial charge on any atom is 0.416 e. The summed E-state index contributed by atoms with van der Waals surface area (Å²) in [6.45, 7) is 2.04. The molecule has 2 aromatic carbocycles. The number of amides is 3. The van der Waals surface area contributed by atoms with Crippen LogP contribution in [0.2, 0.25) is 0 Å². The van der Waals surface area contributed by atoms with E-state index in [1.165, 1.54) is 11.2 Å². The van der Waals surface area contributed by atoms with Gasteiger partial charge in [-0.25, -0.2) is 24.5 Å². The standard InChI is InChI=1S/C30H32N8O5/c1-36(17-25-33-24-6-4-3-5-22(24)28(39)35-25)30(41)43-27-16-26(31-18-32-27)37-12-10-20(11-13-37)38-14-9-19-15-21(42-2)7-8-23(19)34-29(38)40/h3-8,15-16,18,20H,9-14,17H2,1-2H3,(H,34,40)(H,33,35,39). The Kier molecular flexibility index (Phi) is 7.77. The van der Waals surface area contributed by atoms with Crippen molar-refractivity contribution in [2.75, 3.05) is 44.0 Å². The Hall–Kier alpha value is -5.20. The number of carbonyl (C=O) groups is 2. The van der Waals surface area contributed by atoms with Gasteiger partial charge in [-0.3, -0.25) is 4.79 Å². The van der Waals surface area contributed by atoms with Crippen molar-refractivity contribution in [3.05, 3.63) is 76.6 Å². The normalized spacial score (nSPS) is 15.4. The van der Waals surface area contributed by atoms with Crippen molar-refractivity contribution in [2.24, 2.45) is 0 Å².